The number of para-hydroxylation sites is 1. The summed E-state index contributed by atoms with van der Waals surface area (Å²) in [7, 11) is -3.82. The van der Waals surface area contributed by atoms with E-state index in [9.17, 15) is 18.5 Å². The van der Waals surface area contributed by atoms with Gasteiger partial charge in [0.2, 0.25) is 10.0 Å². The van der Waals surface area contributed by atoms with Gasteiger partial charge < -0.3 is 5.32 Å². The van der Waals surface area contributed by atoms with Crippen molar-refractivity contribution in [1.82, 2.24) is 9.62 Å². The molecule has 114 valence electrons. The Bertz CT molecular complexity index is 647. The molecule has 0 aliphatic carbocycles. The molecule has 21 heavy (non-hydrogen) atoms. The molecule has 0 radical (unpaired) electrons. The Hall–Kier alpha value is -1.51. The van der Waals surface area contributed by atoms with Crippen molar-refractivity contribution in [3.8, 4) is 0 Å². The van der Waals surface area contributed by atoms with E-state index in [1.807, 2.05) is 0 Å². The molecule has 1 aromatic rings. The largest absolute Gasteiger partial charge is 0.312 e. The zero-order valence-electron chi connectivity index (χ0n) is 11.4. The number of sulfonamides is 1. The Labute approximate surface area is 123 Å². The summed E-state index contributed by atoms with van der Waals surface area (Å²) >= 11 is 0. The van der Waals surface area contributed by atoms with Gasteiger partial charge in [0.1, 0.15) is 0 Å². The smallest absolute Gasteiger partial charge is 0.289 e. The van der Waals surface area contributed by atoms with Crippen molar-refractivity contribution in [3.05, 3.63) is 34.4 Å². The molecule has 1 N–H and O–H groups in total. The first-order valence-electron chi connectivity index (χ1n) is 6.97. The molecule has 0 saturated carbocycles. The number of nitrogens with one attached hydrogen (secondary N) is 1. The van der Waals surface area contributed by atoms with Gasteiger partial charge in [-0.1, -0.05) is 12.1 Å². The van der Waals surface area contributed by atoms with E-state index >= 15 is 0 Å². The SMILES string of the molecule is O=[N+]([O-])c1ccccc1S(=O)(=O)N1CC2CCCNC2C1. The molecule has 2 unspecified atom stereocenters. The molecule has 0 bridgehead atoms. The van der Waals surface area contributed by atoms with Crippen LogP contribution in [0.25, 0.3) is 0 Å². The average molecular weight is 311 g/mol. The van der Waals surface area contributed by atoms with Crippen LogP contribution < -0.4 is 5.32 Å². The van der Waals surface area contributed by atoms with E-state index < -0.39 is 14.9 Å². The molecule has 0 amide bonds. The number of fused-ring (bicyclic) bond motifs is 1. The molecule has 2 aliphatic rings. The number of piperidine rings is 1. The maximum Gasteiger partial charge on any atom is 0.289 e. The van der Waals surface area contributed by atoms with Gasteiger partial charge in [0.25, 0.3) is 5.69 Å². The fourth-order valence-electron chi connectivity index (χ4n) is 3.17. The molecule has 8 heteroatoms. The standard InChI is InChI=1S/C13H17N3O4S/c17-16(18)12-5-1-2-6-13(12)21(19,20)15-8-10-4-3-7-14-11(10)9-15/h1-2,5-6,10-11,14H,3-4,7-9H2. The topological polar surface area (TPSA) is 92.5 Å². The highest BCUT2D eigenvalue weighted by Gasteiger charge is 2.41. The minimum Gasteiger partial charge on any atom is -0.312 e. The second kappa shape index (κ2) is 5.36. The van der Waals surface area contributed by atoms with Crippen molar-refractivity contribution < 1.29 is 13.3 Å². The predicted octanol–water partition coefficient (Wildman–Crippen LogP) is 0.967. The van der Waals surface area contributed by atoms with Crippen molar-refractivity contribution in [1.29, 1.82) is 0 Å². The lowest BCUT2D eigenvalue weighted by atomic mass is 9.94. The number of benzene rings is 1. The molecular weight excluding hydrogens is 294 g/mol. The van der Waals surface area contributed by atoms with Crippen molar-refractivity contribution in [2.24, 2.45) is 5.92 Å². The van der Waals surface area contributed by atoms with Gasteiger partial charge in [0.15, 0.2) is 4.90 Å². The van der Waals surface area contributed by atoms with Gasteiger partial charge in [0.05, 0.1) is 4.92 Å². The minimum atomic E-state index is -3.82. The molecule has 2 atom stereocenters. The van der Waals surface area contributed by atoms with Gasteiger partial charge in [-0.15, -0.1) is 0 Å². The first-order valence-corrected chi connectivity index (χ1v) is 8.41. The maximum atomic E-state index is 12.7. The van der Waals surface area contributed by atoms with E-state index in [-0.39, 0.29) is 16.6 Å². The lowest BCUT2D eigenvalue weighted by Gasteiger charge is -2.24. The molecule has 2 fully saturated rings. The molecule has 0 spiro atoms. The number of hydrogen-bond acceptors (Lipinski definition) is 5. The highest BCUT2D eigenvalue weighted by molar-refractivity contribution is 7.89. The predicted molar refractivity (Wildman–Crippen MR) is 76.4 cm³/mol. The monoisotopic (exact) mass is 311 g/mol. The summed E-state index contributed by atoms with van der Waals surface area (Å²) in [4.78, 5) is 10.2. The third kappa shape index (κ3) is 2.54. The first-order chi connectivity index (χ1) is 10.00. The second-order valence-electron chi connectivity index (χ2n) is 5.51. The molecule has 2 aliphatic heterocycles. The fourth-order valence-corrected chi connectivity index (χ4v) is 4.85. The van der Waals surface area contributed by atoms with Gasteiger partial charge in [-0.3, -0.25) is 10.1 Å². The maximum absolute atomic E-state index is 12.7. The molecule has 2 saturated heterocycles. The van der Waals surface area contributed by atoms with Crippen LogP contribution in [0.3, 0.4) is 0 Å². The van der Waals surface area contributed by atoms with E-state index in [1.165, 1.54) is 28.6 Å². The van der Waals surface area contributed by atoms with Crippen LogP contribution in [-0.2, 0) is 10.0 Å². The average Bonchev–Trinajstić information content (AvgIpc) is 2.92. The summed E-state index contributed by atoms with van der Waals surface area (Å²) in [5.41, 5.74) is -0.361. The number of rotatable bonds is 3. The second-order valence-corrected chi connectivity index (χ2v) is 7.42. The van der Waals surface area contributed by atoms with Gasteiger partial charge in [-0.25, -0.2) is 8.42 Å². The number of nitro benzene ring substituents is 1. The molecule has 0 aromatic heterocycles. The summed E-state index contributed by atoms with van der Waals surface area (Å²) in [5, 5.41) is 14.4. The van der Waals surface area contributed by atoms with E-state index in [1.54, 1.807) is 0 Å². The van der Waals surface area contributed by atoms with Gasteiger partial charge in [-0.2, -0.15) is 4.31 Å². The normalized spacial score (nSPS) is 26.5. The van der Waals surface area contributed by atoms with Crippen LogP contribution in [0.15, 0.2) is 29.2 Å². The molecule has 7 nitrogen and oxygen atoms in total. The van der Waals surface area contributed by atoms with Crippen molar-refractivity contribution >= 4 is 15.7 Å². The Morgan fingerprint density at radius 2 is 2.05 bits per heavy atom. The van der Waals surface area contributed by atoms with Crippen molar-refractivity contribution in [2.45, 2.75) is 23.8 Å². The van der Waals surface area contributed by atoms with E-state index in [4.69, 9.17) is 0 Å². The third-order valence-corrected chi connectivity index (χ3v) is 6.12. The fraction of sp³-hybridized carbons (Fsp3) is 0.538. The molecule has 2 heterocycles. The lowest BCUT2D eigenvalue weighted by molar-refractivity contribution is -0.387. The van der Waals surface area contributed by atoms with Crippen molar-refractivity contribution in [3.63, 3.8) is 0 Å². The van der Waals surface area contributed by atoms with E-state index in [0.717, 1.165) is 19.4 Å². The Kier molecular flexibility index (Phi) is 3.68. The van der Waals surface area contributed by atoms with Crippen LogP contribution in [-0.4, -0.2) is 43.3 Å². The van der Waals surface area contributed by atoms with Crippen LogP contribution in [0.5, 0.6) is 0 Å². The lowest BCUT2D eigenvalue weighted by Crippen LogP contribution is -2.41. The summed E-state index contributed by atoms with van der Waals surface area (Å²) in [5.74, 6) is 0.302. The van der Waals surface area contributed by atoms with Crippen LogP contribution >= 0.6 is 0 Å². The van der Waals surface area contributed by atoms with Crippen LogP contribution in [0.4, 0.5) is 5.69 Å². The summed E-state index contributed by atoms with van der Waals surface area (Å²) in [6.07, 6.45) is 2.04. The minimum absolute atomic E-state index is 0.163. The van der Waals surface area contributed by atoms with Crippen molar-refractivity contribution in [2.75, 3.05) is 19.6 Å². The third-order valence-electron chi connectivity index (χ3n) is 4.25. The van der Waals surface area contributed by atoms with Gasteiger partial charge in [-0.05, 0) is 31.4 Å². The quantitative estimate of drug-likeness (QED) is 0.663. The number of hydrogen-bond donors (Lipinski definition) is 1. The Morgan fingerprint density at radius 1 is 1.29 bits per heavy atom. The van der Waals surface area contributed by atoms with Gasteiger partial charge in [0, 0.05) is 25.2 Å². The van der Waals surface area contributed by atoms with E-state index in [2.05, 4.69) is 5.32 Å². The molecule has 3 rings (SSSR count). The first kappa shape index (κ1) is 14.4. The van der Waals surface area contributed by atoms with Gasteiger partial charge >= 0.3 is 0 Å². The number of nitro groups is 1. The van der Waals surface area contributed by atoms with Crippen LogP contribution in [0.2, 0.25) is 0 Å². The van der Waals surface area contributed by atoms with E-state index in [0.29, 0.717) is 19.0 Å². The summed E-state index contributed by atoms with van der Waals surface area (Å²) < 4.78 is 26.8. The molecular formula is C13H17N3O4S. The summed E-state index contributed by atoms with van der Waals surface area (Å²) in [6.45, 7) is 1.73. The Balaban J connectivity index is 1.93. The van der Waals surface area contributed by atoms with Crippen LogP contribution in [0, 0.1) is 16.0 Å². The Morgan fingerprint density at radius 3 is 2.76 bits per heavy atom. The zero-order chi connectivity index (χ0) is 15.0. The molecule has 1 aromatic carbocycles. The highest BCUT2D eigenvalue weighted by atomic mass is 32.2. The van der Waals surface area contributed by atoms with Crippen LogP contribution in [0.1, 0.15) is 12.8 Å². The summed E-state index contributed by atoms with van der Waals surface area (Å²) in [6, 6.07) is 5.69. The zero-order valence-corrected chi connectivity index (χ0v) is 12.3. The number of nitrogens with zero attached hydrogens (tertiary/aromatic N) is 2. The highest BCUT2D eigenvalue weighted by Crippen LogP contribution is 2.32.